The fourth-order valence-corrected chi connectivity index (χ4v) is 7.21. The van der Waals surface area contributed by atoms with Crippen molar-refractivity contribution >= 4 is 75.2 Å². The molecule has 2 aromatic heterocycles. The fraction of sp³-hybridized carbons (Fsp3) is 0.278. The lowest BCUT2D eigenvalue weighted by Crippen LogP contribution is -2.71. The summed E-state index contributed by atoms with van der Waals surface area (Å²) in [4.78, 5) is 48.8. The number of H-pyrrole nitrogens is 1. The number of nitrogens with one attached hydrogen (secondary N) is 2. The van der Waals surface area contributed by atoms with Crippen molar-refractivity contribution in [2.75, 3.05) is 23.2 Å². The van der Waals surface area contributed by atoms with Crippen LogP contribution in [0.1, 0.15) is 5.69 Å². The number of carboxylic acids is 1. The van der Waals surface area contributed by atoms with E-state index in [1.54, 1.807) is 11.6 Å². The van der Waals surface area contributed by atoms with Crippen LogP contribution in [-0.4, -0.2) is 82.8 Å². The van der Waals surface area contributed by atoms with Gasteiger partial charge in [0.2, 0.25) is 0 Å². The number of thioether (sulfide) groups is 3. The van der Waals surface area contributed by atoms with Crippen molar-refractivity contribution in [3.63, 3.8) is 0 Å². The number of aromatic nitrogens is 4. The third kappa shape index (κ3) is 5.47. The number of hydrogen-bond acceptors (Lipinski definition) is 13. The molecule has 2 amide bonds. The summed E-state index contributed by atoms with van der Waals surface area (Å²) in [5.74, 6) is -2.05. The Kier molecular flexibility index (Phi) is 7.99. The molecular formula is C18H18N8O5S4. The predicted octanol–water partition coefficient (Wildman–Crippen LogP) is 0.929. The zero-order valence-corrected chi connectivity index (χ0v) is 21.0. The molecule has 0 aliphatic carbocycles. The lowest BCUT2D eigenvalue weighted by molar-refractivity contribution is -0.150. The molecule has 35 heavy (non-hydrogen) atoms. The summed E-state index contributed by atoms with van der Waals surface area (Å²) in [5.41, 5.74) is 5.63. The van der Waals surface area contributed by atoms with Gasteiger partial charge in [0.1, 0.15) is 34.4 Å². The van der Waals surface area contributed by atoms with E-state index in [9.17, 15) is 19.5 Å². The van der Waals surface area contributed by atoms with E-state index in [1.165, 1.54) is 46.3 Å². The van der Waals surface area contributed by atoms with E-state index in [-0.39, 0.29) is 28.8 Å². The van der Waals surface area contributed by atoms with Crippen LogP contribution in [0.5, 0.6) is 0 Å². The first-order chi connectivity index (χ1) is 16.9. The van der Waals surface area contributed by atoms with Crippen molar-refractivity contribution in [3.8, 4) is 0 Å². The number of thiazole rings is 1. The molecule has 0 aromatic carbocycles. The summed E-state index contributed by atoms with van der Waals surface area (Å²) in [5, 5.41) is 28.8. The Morgan fingerprint density at radius 2 is 2.31 bits per heavy atom. The SMILES string of the molecule is C=CCO/N=C(/C(=O)N[C@@H]1C(=O)N2C(C(=O)O)=C(SCSc3cn[nH]n3)CS[C@H]12)c1csc(N)n1. The topological polar surface area (TPSA) is 189 Å². The van der Waals surface area contributed by atoms with Gasteiger partial charge in [-0.15, -0.1) is 40.0 Å². The van der Waals surface area contributed by atoms with E-state index in [1.807, 2.05) is 0 Å². The normalized spacial score (nSPS) is 19.7. The Morgan fingerprint density at radius 3 is 2.97 bits per heavy atom. The van der Waals surface area contributed by atoms with E-state index < -0.39 is 29.2 Å². The van der Waals surface area contributed by atoms with Crippen LogP contribution in [0.4, 0.5) is 5.13 Å². The van der Waals surface area contributed by atoms with E-state index in [4.69, 9.17) is 10.6 Å². The van der Waals surface area contributed by atoms with Crippen LogP contribution in [0.25, 0.3) is 0 Å². The molecule has 2 aliphatic rings. The number of carboxylic acid groups (broad SMARTS) is 1. The summed E-state index contributed by atoms with van der Waals surface area (Å²) in [6.07, 6.45) is 3.02. The third-order valence-corrected chi connectivity index (χ3v) is 8.84. The van der Waals surface area contributed by atoms with Crippen LogP contribution in [0.2, 0.25) is 0 Å². The molecule has 0 unspecified atom stereocenters. The summed E-state index contributed by atoms with van der Waals surface area (Å²) in [7, 11) is 0. The minimum atomic E-state index is -1.21. The third-order valence-electron chi connectivity index (χ3n) is 4.58. The first-order valence-electron chi connectivity index (χ1n) is 9.76. The lowest BCUT2D eigenvalue weighted by Gasteiger charge is -2.49. The van der Waals surface area contributed by atoms with Gasteiger partial charge in [-0.25, -0.2) is 9.78 Å². The number of aliphatic carboxylic acids is 1. The van der Waals surface area contributed by atoms with Gasteiger partial charge in [-0.05, 0) is 0 Å². The number of rotatable bonds is 11. The van der Waals surface area contributed by atoms with Crippen molar-refractivity contribution in [2.24, 2.45) is 5.16 Å². The Bertz CT molecular complexity index is 1200. The second kappa shape index (κ2) is 11.1. The summed E-state index contributed by atoms with van der Waals surface area (Å²) in [6, 6.07) is -0.932. The molecule has 2 atom stereocenters. The van der Waals surface area contributed by atoms with Crippen LogP contribution < -0.4 is 11.1 Å². The predicted molar refractivity (Wildman–Crippen MR) is 134 cm³/mol. The van der Waals surface area contributed by atoms with Crippen molar-refractivity contribution in [1.29, 1.82) is 0 Å². The number of nitrogen functional groups attached to an aromatic ring is 1. The number of amides is 2. The number of aromatic amines is 1. The number of nitrogens with zero attached hydrogens (tertiary/aromatic N) is 5. The van der Waals surface area contributed by atoms with Gasteiger partial charge in [0, 0.05) is 16.0 Å². The highest BCUT2D eigenvalue weighted by molar-refractivity contribution is 8.18. The zero-order valence-electron chi connectivity index (χ0n) is 17.7. The zero-order chi connectivity index (χ0) is 24.9. The number of fused-ring (bicyclic) bond motifs is 1. The average Bonchev–Trinajstić information content (AvgIpc) is 3.51. The maximum Gasteiger partial charge on any atom is 0.353 e. The van der Waals surface area contributed by atoms with Gasteiger partial charge in [-0.1, -0.05) is 29.6 Å². The minimum Gasteiger partial charge on any atom is -0.477 e. The Hall–Kier alpha value is -3.02. The van der Waals surface area contributed by atoms with E-state index in [0.29, 0.717) is 20.8 Å². The number of hydrogen-bond donors (Lipinski definition) is 4. The van der Waals surface area contributed by atoms with Crippen LogP contribution in [0.3, 0.4) is 0 Å². The number of nitrogens with two attached hydrogens (primary N) is 1. The first kappa shape index (κ1) is 25.1. The molecule has 2 aromatic rings. The van der Waals surface area contributed by atoms with Gasteiger partial charge in [0.15, 0.2) is 10.8 Å². The van der Waals surface area contributed by atoms with E-state index in [0.717, 1.165) is 11.3 Å². The Balaban J connectivity index is 1.46. The van der Waals surface area contributed by atoms with Crippen molar-refractivity contribution in [1.82, 2.24) is 30.6 Å². The maximum absolute atomic E-state index is 13.0. The Morgan fingerprint density at radius 1 is 1.49 bits per heavy atom. The number of anilines is 1. The summed E-state index contributed by atoms with van der Waals surface area (Å²) in [6.45, 7) is 3.58. The molecule has 5 N–H and O–H groups in total. The molecule has 1 fully saturated rings. The van der Waals surface area contributed by atoms with Crippen LogP contribution in [0, 0.1) is 0 Å². The van der Waals surface area contributed by atoms with Crippen molar-refractivity contribution in [3.05, 3.63) is 40.5 Å². The number of β-lactam (4-membered cyclic amide) rings is 1. The highest BCUT2D eigenvalue weighted by atomic mass is 32.2. The first-order valence-corrected chi connectivity index (χ1v) is 13.7. The monoisotopic (exact) mass is 554 g/mol. The summed E-state index contributed by atoms with van der Waals surface area (Å²) >= 11 is 5.20. The molecule has 0 saturated carbocycles. The molecule has 4 heterocycles. The molecule has 184 valence electrons. The molecule has 1 saturated heterocycles. The molecule has 0 bridgehead atoms. The smallest absolute Gasteiger partial charge is 0.353 e. The van der Waals surface area contributed by atoms with Gasteiger partial charge in [-0.2, -0.15) is 10.3 Å². The molecule has 0 spiro atoms. The summed E-state index contributed by atoms with van der Waals surface area (Å²) < 4.78 is 0. The van der Waals surface area contributed by atoms with Gasteiger partial charge in [0.25, 0.3) is 11.8 Å². The van der Waals surface area contributed by atoms with Crippen LogP contribution >= 0.6 is 46.6 Å². The number of carbonyl (C=O) groups is 3. The standard InChI is InChI=1S/C18H18N8O5S4/c1-2-3-31-24-11(8-5-33-18(19)21-8)14(27)22-12-15(28)26-13(17(29)30)9(6-32-16(12)26)34-7-35-10-4-20-25-23-10/h2,4-5,12,16H,1,3,6-7H2,(H2,19,21)(H,22,27)(H,29,30)(H,20,23,25)/b24-11+/t12-,16-/m1/s1. The van der Waals surface area contributed by atoms with Crippen molar-refractivity contribution in [2.45, 2.75) is 16.4 Å². The quantitative estimate of drug-likeness (QED) is 0.0586. The van der Waals surface area contributed by atoms with E-state index in [2.05, 4.69) is 37.4 Å². The molecule has 13 nitrogen and oxygen atoms in total. The fourth-order valence-electron chi connectivity index (χ4n) is 3.09. The van der Waals surface area contributed by atoms with Gasteiger partial charge < -0.3 is 21.0 Å². The second-order valence-corrected chi connectivity index (χ2v) is 11.2. The van der Waals surface area contributed by atoms with Crippen molar-refractivity contribution < 1.29 is 24.3 Å². The number of oxime groups is 1. The largest absolute Gasteiger partial charge is 0.477 e. The average molecular weight is 555 g/mol. The van der Waals surface area contributed by atoms with Crippen LogP contribution in [-0.2, 0) is 19.2 Å². The van der Waals surface area contributed by atoms with E-state index >= 15 is 0 Å². The molecule has 2 aliphatic heterocycles. The maximum atomic E-state index is 13.0. The van der Waals surface area contributed by atoms with Gasteiger partial charge in [-0.3, -0.25) is 14.5 Å². The minimum absolute atomic E-state index is 0.0627. The second-order valence-electron chi connectivity index (χ2n) is 6.75. The van der Waals surface area contributed by atoms with Gasteiger partial charge >= 0.3 is 5.97 Å². The molecule has 0 radical (unpaired) electrons. The molecule has 17 heteroatoms. The van der Waals surface area contributed by atoms with Crippen LogP contribution in [0.15, 0.2) is 45.0 Å². The number of carbonyl (C=O) groups excluding carboxylic acids is 2. The highest BCUT2D eigenvalue weighted by Gasteiger charge is 2.54. The molecular weight excluding hydrogens is 537 g/mol. The Labute approximate surface area is 215 Å². The lowest BCUT2D eigenvalue weighted by atomic mass is 10.0. The molecule has 4 rings (SSSR count). The van der Waals surface area contributed by atoms with Gasteiger partial charge in [0.05, 0.1) is 11.3 Å². The highest BCUT2D eigenvalue weighted by Crippen LogP contribution is 2.44.